The lowest BCUT2D eigenvalue weighted by atomic mass is 10.2. The van der Waals surface area contributed by atoms with Crippen LogP contribution in [-0.2, 0) is 0 Å². The minimum atomic E-state index is 0.847. The lowest BCUT2D eigenvalue weighted by Crippen LogP contribution is -2.44. The highest BCUT2D eigenvalue weighted by molar-refractivity contribution is 5.83. The number of rotatable bonds is 5. The summed E-state index contributed by atoms with van der Waals surface area (Å²) in [5, 5.41) is 6.68. The molecule has 1 aliphatic heterocycles. The second-order valence-electron chi connectivity index (χ2n) is 5.76. The minimum Gasteiger partial charge on any atom is -0.495 e. The van der Waals surface area contributed by atoms with Crippen LogP contribution in [-0.4, -0.2) is 44.5 Å². The van der Waals surface area contributed by atoms with Gasteiger partial charge in [-0.1, -0.05) is 12.1 Å². The number of hydrazone groups is 1. The molecular weight excluding hydrogens is 302 g/mol. The molecule has 0 unspecified atom stereocenters. The van der Waals surface area contributed by atoms with Crippen molar-refractivity contribution in [2.24, 2.45) is 5.10 Å². The van der Waals surface area contributed by atoms with Crippen LogP contribution in [0.4, 0.5) is 5.69 Å². The molecule has 0 saturated carbocycles. The molecule has 0 atom stereocenters. The van der Waals surface area contributed by atoms with Crippen LogP contribution in [0.3, 0.4) is 0 Å². The van der Waals surface area contributed by atoms with E-state index in [0.717, 1.165) is 48.9 Å². The largest absolute Gasteiger partial charge is 0.495 e. The molecule has 126 valence electrons. The van der Waals surface area contributed by atoms with Crippen LogP contribution in [0.5, 0.6) is 5.75 Å². The second kappa shape index (κ2) is 7.73. The van der Waals surface area contributed by atoms with Gasteiger partial charge in [0.05, 0.1) is 38.4 Å². The monoisotopic (exact) mass is 325 g/mol. The normalized spacial score (nSPS) is 16.0. The molecule has 3 rings (SSSR count). The quantitative estimate of drug-likeness (QED) is 0.789. The summed E-state index contributed by atoms with van der Waals surface area (Å²) >= 11 is 0. The first-order valence-corrected chi connectivity index (χ1v) is 8.15. The molecule has 2 heterocycles. The predicted molar refractivity (Wildman–Crippen MR) is 97.6 cm³/mol. The van der Waals surface area contributed by atoms with Gasteiger partial charge in [0.15, 0.2) is 0 Å². The molecule has 1 fully saturated rings. The van der Waals surface area contributed by atoms with Crippen molar-refractivity contribution in [3.8, 4) is 5.75 Å². The molecule has 0 amide bonds. The van der Waals surface area contributed by atoms with Crippen molar-refractivity contribution in [3.63, 3.8) is 0 Å². The Kier molecular flexibility index (Phi) is 5.21. The average Bonchev–Trinajstić information content (AvgIpc) is 3.13. The second-order valence-corrected chi connectivity index (χ2v) is 5.76. The Labute approximate surface area is 142 Å². The van der Waals surface area contributed by atoms with Crippen molar-refractivity contribution in [2.75, 3.05) is 38.2 Å². The standard InChI is InChI=1S/C19H23N3O2/c1-16(14-17-6-5-13-24-17)15-20-22-11-9-21(10-12-22)18-7-3-4-8-19(18)23-2/h3-8,13-15H,9-12H2,1-2H3. The van der Waals surface area contributed by atoms with Crippen molar-refractivity contribution >= 4 is 18.0 Å². The van der Waals surface area contributed by atoms with Gasteiger partial charge in [-0.15, -0.1) is 0 Å². The molecule has 0 N–H and O–H groups in total. The fourth-order valence-electron chi connectivity index (χ4n) is 2.75. The Morgan fingerprint density at radius 2 is 1.92 bits per heavy atom. The fourth-order valence-corrected chi connectivity index (χ4v) is 2.75. The van der Waals surface area contributed by atoms with E-state index >= 15 is 0 Å². The number of piperazine rings is 1. The van der Waals surface area contributed by atoms with Gasteiger partial charge in [-0.2, -0.15) is 5.10 Å². The number of allylic oxidation sites excluding steroid dienone is 1. The molecule has 1 aromatic heterocycles. The maximum absolute atomic E-state index is 5.45. The Morgan fingerprint density at radius 1 is 1.12 bits per heavy atom. The van der Waals surface area contributed by atoms with Crippen LogP contribution in [0.25, 0.3) is 6.08 Å². The maximum atomic E-state index is 5.45. The number of benzene rings is 1. The molecule has 24 heavy (non-hydrogen) atoms. The summed E-state index contributed by atoms with van der Waals surface area (Å²) in [6.07, 6.45) is 5.54. The number of para-hydroxylation sites is 2. The number of nitrogens with zero attached hydrogens (tertiary/aromatic N) is 3. The third-order valence-electron chi connectivity index (χ3n) is 4.02. The first-order valence-electron chi connectivity index (χ1n) is 8.15. The minimum absolute atomic E-state index is 0.847. The topological polar surface area (TPSA) is 41.2 Å². The lowest BCUT2D eigenvalue weighted by Gasteiger charge is -2.35. The summed E-state index contributed by atoms with van der Waals surface area (Å²) in [7, 11) is 1.72. The molecule has 1 aliphatic rings. The van der Waals surface area contributed by atoms with E-state index in [-0.39, 0.29) is 0 Å². The summed E-state index contributed by atoms with van der Waals surface area (Å²) in [5.41, 5.74) is 2.22. The highest BCUT2D eigenvalue weighted by Crippen LogP contribution is 2.28. The number of furan rings is 1. The van der Waals surface area contributed by atoms with Crippen LogP contribution < -0.4 is 9.64 Å². The molecule has 2 aromatic rings. The van der Waals surface area contributed by atoms with Gasteiger partial charge in [0.25, 0.3) is 0 Å². The van der Waals surface area contributed by atoms with E-state index in [4.69, 9.17) is 9.15 Å². The molecule has 0 radical (unpaired) electrons. The lowest BCUT2D eigenvalue weighted by molar-refractivity contribution is 0.271. The Bertz CT molecular complexity index is 699. The van der Waals surface area contributed by atoms with Crippen LogP contribution in [0, 0.1) is 0 Å². The highest BCUT2D eigenvalue weighted by atomic mass is 16.5. The molecule has 5 nitrogen and oxygen atoms in total. The number of ether oxygens (including phenoxy) is 1. The van der Waals surface area contributed by atoms with E-state index in [1.165, 1.54) is 0 Å². The van der Waals surface area contributed by atoms with E-state index in [1.54, 1.807) is 13.4 Å². The van der Waals surface area contributed by atoms with E-state index < -0.39 is 0 Å². The average molecular weight is 325 g/mol. The first kappa shape index (κ1) is 16.2. The van der Waals surface area contributed by atoms with Gasteiger partial charge in [-0.05, 0) is 42.8 Å². The molecule has 0 aliphatic carbocycles. The van der Waals surface area contributed by atoms with Crippen LogP contribution in [0.15, 0.2) is 57.8 Å². The zero-order chi connectivity index (χ0) is 16.8. The van der Waals surface area contributed by atoms with Crippen molar-refractivity contribution < 1.29 is 9.15 Å². The van der Waals surface area contributed by atoms with Gasteiger partial charge in [-0.25, -0.2) is 0 Å². The fraction of sp³-hybridized carbons (Fsp3) is 0.316. The molecule has 1 aromatic carbocycles. The third kappa shape index (κ3) is 3.98. The number of anilines is 1. The molecule has 0 bridgehead atoms. The molecular formula is C19H23N3O2. The van der Waals surface area contributed by atoms with Crippen LogP contribution in [0.1, 0.15) is 12.7 Å². The zero-order valence-corrected chi connectivity index (χ0v) is 14.2. The predicted octanol–water partition coefficient (Wildman–Crippen LogP) is 3.50. The summed E-state index contributed by atoms with van der Waals surface area (Å²) in [6.45, 7) is 5.67. The summed E-state index contributed by atoms with van der Waals surface area (Å²) in [4.78, 5) is 2.34. The number of hydrogen-bond acceptors (Lipinski definition) is 5. The van der Waals surface area contributed by atoms with Gasteiger partial charge in [0.1, 0.15) is 11.5 Å². The number of hydrogen-bond donors (Lipinski definition) is 0. The van der Waals surface area contributed by atoms with Crippen molar-refractivity contribution in [2.45, 2.75) is 6.92 Å². The molecule has 5 heteroatoms. The Morgan fingerprint density at radius 3 is 2.62 bits per heavy atom. The van der Waals surface area contributed by atoms with Gasteiger partial charge < -0.3 is 14.1 Å². The number of methoxy groups -OCH3 is 1. The van der Waals surface area contributed by atoms with E-state index in [2.05, 4.69) is 21.1 Å². The van der Waals surface area contributed by atoms with Crippen molar-refractivity contribution in [1.29, 1.82) is 0 Å². The summed E-state index contributed by atoms with van der Waals surface area (Å²) < 4.78 is 10.8. The van der Waals surface area contributed by atoms with E-state index in [9.17, 15) is 0 Å². The highest BCUT2D eigenvalue weighted by Gasteiger charge is 2.18. The van der Waals surface area contributed by atoms with Crippen molar-refractivity contribution in [3.05, 3.63) is 54.0 Å². The van der Waals surface area contributed by atoms with E-state index in [1.807, 2.05) is 49.5 Å². The van der Waals surface area contributed by atoms with Gasteiger partial charge >= 0.3 is 0 Å². The van der Waals surface area contributed by atoms with Crippen LogP contribution in [0.2, 0.25) is 0 Å². The van der Waals surface area contributed by atoms with Gasteiger partial charge in [0, 0.05) is 13.1 Å². The Hall–Kier alpha value is -2.69. The first-order chi connectivity index (χ1) is 11.8. The maximum Gasteiger partial charge on any atom is 0.142 e. The third-order valence-corrected chi connectivity index (χ3v) is 4.02. The zero-order valence-electron chi connectivity index (χ0n) is 14.2. The summed E-state index contributed by atoms with van der Waals surface area (Å²) in [6, 6.07) is 12.0. The van der Waals surface area contributed by atoms with Gasteiger partial charge in [0.2, 0.25) is 0 Å². The van der Waals surface area contributed by atoms with E-state index in [0.29, 0.717) is 0 Å². The molecule has 0 spiro atoms. The smallest absolute Gasteiger partial charge is 0.142 e. The molecule has 1 saturated heterocycles. The Balaban J connectivity index is 1.56. The SMILES string of the molecule is COc1ccccc1N1CCN(N=CC(C)=Cc2ccco2)CC1. The summed E-state index contributed by atoms with van der Waals surface area (Å²) in [5.74, 6) is 1.77. The van der Waals surface area contributed by atoms with Crippen LogP contribution >= 0.6 is 0 Å². The van der Waals surface area contributed by atoms with Gasteiger partial charge in [-0.3, -0.25) is 5.01 Å². The van der Waals surface area contributed by atoms with Crippen molar-refractivity contribution in [1.82, 2.24) is 5.01 Å².